The predicted octanol–water partition coefficient (Wildman–Crippen LogP) is 2.75. The van der Waals surface area contributed by atoms with E-state index in [4.69, 9.17) is 4.42 Å². The van der Waals surface area contributed by atoms with Gasteiger partial charge in [0.15, 0.2) is 0 Å². The summed E-state index contributed by atoms with van der Waals surface area (Å²) >= 11 is 0. The van der Waals surface area contributed by atoms with Gasteiger partial charge in [-0.05, 0) is 49.2 Å². The summed E-state index contributed by atoms with van der Waals surface area (Å²) in [7, 11) is -1.05. The lowest BCUT2D eigenvalue weighted by Crippen LogP contribution is -2.36. The van der Waals surface area contributed by atoms with E-state index in [2.05, 4.69) is 0 Å². The van der Waals surface area contributed by atoms with Crippen LogP contribution in [0.5, 0.6) is 0 Å². The number of likely N-dealkylation sites (tertiary alicyclic amines) is 1. The third kappa shape index (κ3) is 3.60. The first-order chi connectivity index (χ1) is 11.6. The summed E-state index contributed by atoms with van der Waals surface area (Å²) in [5.41, 5.74) is 0.587. The summed E-state index contributed by atoms with van der Waals surface area (Å²) < 4.78 is 16.7. The fourth-order valence-corrected chi connectivity index (χ4v) is 3.68. The SMILES string of the molecule is CS(=O)c1ccc(C(=O)N2CCCC2CC(O)c2ccco2)cc1. The third-order valence-electron chi connectivity index (χ3n) is 4.44. The maximum Gasteiger partial charge on any atom is 0.254 e. The Balaban J connectivity index is 1.70. The van der Waals surface area contributed by atoms with Gasteiger partial charge in [0.2, 0.25) is 0 Å². The number of benzene rings is 1. The first-order valence-corrected chi connectivity index (χ1v) is 9.58. The normalized spacial score (nSPS) is 20.1. The van der Waals surface area contributed by atoms with Gasteiger partial charge in [-0.3, -0.25) is 9.00 Å². The van der Waals surface area contributed by atoms with Gasteiger partial charge < -0.3 is 14.4 Å². The maximum atomic E-state index is 12.8. The zero-order valence-corrected chi connectivity index (χ0v) is 14.4. The lowest BCUT2D eigenvalue weighted by atomic mass is 10.0. The van der Waals surface area contributed by atoms with E-state index in [0.717, 1.165) is 12.8 Å². The molecule has 1 N–H and O–H groups in total. The van der Waals surface area contributed by atoms with Crippen molar-refractivity contribution < 1.29 is 18.5 Å². The molecule has 0 saturated carbocycles. The molecule has 5 nitrogen and oxygen atoms in total. The quantitative estimate of drug-likeness (QED) is 0.903. The molecule has 24 heavy (non-hydrogen) atoms. The van der Waals surface area contributed by atoms with Gasteiger partial charge in [-0.1, -0.05) is 0 Å². The number of aliphatic hydroxyl groups is 1. The van der Waals surface area contributed by atoms with Gasteiger partial charge >= 0.3 is 0 Å². The Morgan fingerprint density at radius 3 is 2.75 bits per heavy atom. The molecular formula is C18H21NO4S. The minimum absolute atomic E-state index is 0.00224. The second-order valence-corrected chi connectivity index (χ2v) is 7.42. The number of furan rings is 1. The molecule has 128 valence electrons. The molecule has 0 aliphatic carbocycles. The van der Waals surface area contributed by atoms with E-state index in [1.807, 2.05) is 4.90 Å². The lowest BCUT2D eigenvalue weighted by molar-refractivity contribution is 0.0641. The second kappa shape index (κ2) is 7.32. The molecule has 1 fully saturated rings. The van der Waals surface area contributed by atoms with Crippen molar-refractivity contribution in [3.05, 3.63) is 54.0 Å². The molecule has 3 unspecified atom stereocenters. The summed E-state index contributed by atoms with van der Waals surface area (Å²) in [6.07, 6.45) is 4.72. The molecule has 1 aromatic carbocycles. The smallest absolute Gasteiger partial charge is 0.254 e. The van der Waals surface area contributed by atoms with Crippen molar-refractivity contribution >= 4 is 16.7 Å². The number of carbonyl (C=O) groups excluding carboxylic acids is 1. The predicted molar refractivity (Wildman–Crippen MR) is 91.1 cm³/mol. The fraction of sp³-hybridized carbons (Fsp3) is 0.389. The van der Waals surface area contributed by atoms with E-state index >= 15 is 0 Å². The van der Waals surface area contributed by atoms with Crippen molar-refractivity contribution in [2.75, 3.05) is 12.8 Å². The summed E-state index contributed by atoms with van der Waals surface area (Å²) in [4.78, 5) is 15.3. The van der Waals surface area contributed by atoms with Crippen molar-refractivity contribution in [1.29, 1.82) is 0 Å². The summed E-state index contributed by atoms with van der Waals surface area (Å²) in [6, 6.07) is 10.4. The Hall–Kier alpha value is -1.92. The molecule has 1 saturated heterocycles. The molecule has 3 atom stereocenters. The highest BCUT2D eigenvalue weighted by molar-refractivity contribution is 7.84. The van der Waals surface area contributed by atoms with E-state index in [1.54, 1.807) is 42.7 Å². The largest absolute Gasteiger partial charge is 0.467 e. The van der Waals surface area contributed by atoms with Crippen LogP contribution >= 0.6 is 0 Å². The number of hydrogen-bond donors (Lipinski definition) is 1. The van der Waals surface area contributed by atoms with Crippen LogP contribution in [-0.4, -0.2) is 39.0 Å². The van der Waals surface area contributed by atoms with Crippen molar-refractivity contribution in [2.45, 2.75) is 36.3 Å². The molecule has 6 heteroatoms. The van der Waals surface area contributed by atoms with Gasteiger partial charge in [0, 0.05) is 46.5 Å². The molecule has 0 radical (unpaired) electrons. The monoisotopic (exact) mass is 347 g/mol. The molecule has 2 heterocycles. The summed E-state index contributed by atoms with van der Waals surface area (Å²) in [6.45, 7) is 0.690. The zero-order chi connectivity index (χ0) is 17.1. The molecule has 3 rings (SSSR count). The zero-order valence-electron chi connectivity index (χ0n) is 13.6. The number of hydrogen-bond acceptors (Lipinski definition) is 4. The Kier molecular flexibility index (Phi) is 5.16. The highest BCUT2D eigenvalue weighted by Crippen LogP contribution is 2.29. The van der Waals surface area contributed by atoms with Crippen LogP contribution in [0, 0.1) is 0 Å². The molecule has 2 aromatic rings. The van der Waals surface area contributed by atoms with Crippen LogP contribution in [0.2, 0.25) is 0 Å². The number of rotatable bonds is 5. The van der Waals surface area contributed by atoms with Crippen LogP contribution in [0.25, 0.3) is 0 Å². The topological polar surface area (TPSA) is 70.8 Å². The summed E-state index contributed by atoms with van der Waals surface area (Å²) in [5.74, 6) is 0.488. The molecule has 1 aliphatic heterocycles. The van der Waals surface area contributed by atoms with Crippen LogP contribution in [0.4, 0.5) is 0 Å². The van der Waals surface area contributed by atoms with E-state index < -0.39 is 16.9 Å². The molecule has 1 amide bonds. The Morgan fingerprint density at radius 2 is 2.12 bits per heavy atom. The van der Waals surface area contributed by atoms with E-state index in [0.29, 0.717) is 29.2 Å². The number of carbonyl (C=O) groups is 1. The van der Waals surface area contributed by atoms with Crippen LogP contribution in [0.1, 0.15) is 41.5 Å². The van der Waals surface area contributed by atoms with E-state index in [1.165, 1.54) is 6.26 Å². The van der Waals surface area contributed by atoms with Crippen LogP contribution in [0.15, 0.2) is 52.0 Å². The van der Waals surface area contributed by atoms with E-state index in [-0.39, 0.29) is 11.9 Å². The van der Waals surface area contributed by atoms with Crippen molar-refractivity contribution in [2.24, 2.45) is 0 Å². The summed E-state index contributed by atoms with van der Waals surface area (Å²) in [5, 5.41) is 10.3. The van der Waals surface area contributed by atoms with Gasteiger partial charge in [0.25, 0.3) is 5.91 Å². The maximum absolute atomic E-state index is 12.8. The molecule has 0 bridgehead atoms. The lowest BCUT2D eigenvalue weighted by Gasteiger charge is -2.26. The average molecular weight is 347 g/mol. The van der Waals surface area contributed by atoms with Crippen LogP contribution in [-0.2, 0) is 10.8 Å². The highest BCUT2D eigenvalue weighted by Gasteiger charge is 2.31. The Morgan fingerprint density at radius 1 is 1.38 bits per heavy atom. The minimum Gasteiger partial charge on any atom is -0.467 e. The second-order valence-electron chi connectivity index (χ2n) is 6.04. The fourth-order valence-electron chi connectivity index (χ4n) is 3.16. The molecule has 1 aromatic heterocycles. The molecular weight excluding hydrogens is 326 g/mol. The minimum atomic E-state index is -1.05. The van der Waals surface area contributed by atoms with Gasteiger partial charge in [-0.2, -0.15) is 0 Å². The van der Waals surface area contributed by atoms with Gasteiger partial charge in [0.05, 0.1) is 6.26 Å². The highest BCUT2D eigenvalue weighted by atomic mass is 32.2. The number of amides is 1. The standard InChI is InChI=1S/C18H21NO4S/c1-24(22)15-8-6-13(7-9-15)18(21)19-10-2-4-14(19)12-16(20)17-5-3-11-23-17/h3,5-9,11,14,16,20H,2,4,10,12H2,1H3. The van der Waals surface area contributed by atoms with Crippen molar-refractivity contribution in [3.8, 4) is 0 Å². The van der Waals surface area contributed by atoms with Crippen LogP contribution in [0.3, 0.4) is 0 Å². The van der Waals surface area contributed by atoms with Crippen molar-refractivity contribution in [1.82, 2.24) is 4.90 Å². The Bertz CT molecular complexity index is 711. The van der Waals surface area contributed by atoms with Crippen LogP contribution < -0.4 is 0 Å². The first kappa shape index (κ1) is 16.9. The number of nitrogens with zero attached hydrogens (tertiary/aromatic N) is 1. The first-order valence-electron chi connectivity index (χ1n) is 8.02. The van der Waals surface area contributed by atoms with Gasteiger partial charge in [0.1, 0.15) is 11.9 Å². The third-order valence-corrected chi connectivity index (χ3v) is 5.37. The Labute approximate surface area is 143 Å². The van der Waals surface area contributed by atoms with Gasteiger partial charge in [-0.25, -0.2) is 0 Å². The number of aliphatic hydroxyl groups excluding tert-OH is 1. The molecule has 1 aliphatic rings. The average Bonchev–Trinajstić information content (AvgIpc) is 3.26. The molecule has 0 spiro atoms. The van der Waals surface area contributed by atoms with Gasteiger partial charge in [-0.15, -0.1) is 0 Å². The van der Waals surface area contributed by atoms with Crippen molar-refractivity contribution in [3.63, 3.8) is 0 Å². The van der Waals surface area contributed by atoms with E-state index in [9.17, 15) is 14.1 Å².